The lowest BCUT2D eigenvalue weighted by Crippen LogP contribution is -2.37. The Kier molecular flexibility index (Phi) is 7.36. The number of benzene rings is 2. The molecule has 2 aromatic carbocycles. The van der Waals surface area contributed by atoms with Crippen LogP contribution in [0.5, 0.6) is 11.6 Å². The number of rotatable bonds is 10. The van der Waals surface area contributed by atoms with Crippen molar-refractivity contribution in [1.82, 2.24) is 14.7 Å². The molecule has 1 unspecified atom stereocenters. The summed E-state index contributed by atoms with van der Waals surface area (Å²) in [5.74, 6) is 0.627. The lowest BCUT2D eigenvalue weighted by Gasteiger charge is -2.27. The molecular formula is C27H34FN3O3. The second-order valence-electron chi connectivity index (χ2n) is 9.92. The summed E-state index contributed by atoms with van der Waals surface area (Å²) >= 11 is 0. The van der Waals surface area contributed by atoms with Crippen LogP contribution in [0.3, 0.4) is 0 Å². The summed E-state index contributed by atoms with van der Waals surface area (Å²) in [6.07, 6.45) is 1.58. The number of hydrogen-bond acceptors (Lipinski definition) is 5. The first kappa shape index (κ1) is 24.4. The number of nitrogens with zero attached hydrogens (tertiary/aromatic N) is 3. The summed E-state index contributed by atoms with van der Waals surface area (Å²) in [4.78, 5) is 2.28. The number of ether oxygens (including phenoxy) is 2. The van der Waals surface area contributed by atoms with Crippen LogP contribution in [-0.4, -0.2) is 50.7 Å². The first-order valence-electron chi connectivity index (χ1n) is 11.8. The molecule has 1 fully saturated rings. The van der Waals surface area contributed by atoms with Gasteiger partial charge in [-0.3, -0.25) is 4.90 Å². The second-order valence-corrected chi connectivity index (χ2v) is 9.92. The van der Waals surface area contributed by atoms with Gasteiger partial charge in [-0.05, 0) is 45.7 Å². The fraction of sp³-hybridized carbons (Fsp3) is 0.444. The maximum Gasteiger partial charge on any atom is 0.222 e. The topological polar surface area (TPSA) is 59.8 Å². The predicted octanol–water partition coefficient (Wildman–Crippen LogP) is 5.16. The molecule has 1 aliphatic rings. The highest BCUT2D eigenvalue weighted by molar-refractivity contribution is 5.65. The average molecular weight is 468 g/mol. The largest absolute Gasteiger partial charge is 0.439 e. The fourth-order valence-electron chi connectivity index (χ4n) is 3.95. The van der Waals surface area contributed by atoms with Crippen molar-refractivity contribution in [3.8, 4) is 22.9 Å². The molecule has 0 bridgehead atoms. The Morgan fingerprint density at radius 1 is 1.15 bits per heavy atom. The third-order valence-corrected chi connectivity index (χ3v) is 5.72. The molecule has 1 aliphatic carbocycles. The monoisotopic (exact) mass is 467 g/mol. The SMILES string of the molecule is Cn1nc(-c2ccccc2)c(CN(CC(O)COC(C)(C)C)C2CC2)c1Oc1cccc(F)c1. The van der Waals surface area contributed by atoms with Gasteiger partial charge in [0.1, 0.15) is 17.3 Å². The van der Waals surface area contributed by atoms with Gasteiger partial charge in [-0.2, -0.15) is 5.10 Å². The van der Waals surface area contributed by atoms with Crippen molar-refractivity contribution in [2.75, 3.05) is 13.2 Å². The summed E-state index contributed by atoms with van der Waals surface area (Å²) in [5.41, 5.74) is 2.41. The van der Waals surface area contributed by atoms with Crippen molar-refractivity contribution < 1.29 is 19.0 Å². The van der Waals surface area contributed by atoms with Crippen LogP contribution in [0.2, 0.25) is 0 Å². The molecular weight excluding hydrogens is 433 g/mol. The van der Waals surface area contributed by atoms with E-state index in [2.05, 4.69) is 4.90 Å². The van der Waals surface area contributed by atoms with Crippen molar-refractivity contribution in [1.29, 1.82) is 0 Å². The van der Waals surface area contributed by atoms with E-state index in [1.54, 1.807) is 16.8 Å². The summed E-state index contributed by atoms with van der Waals surface area (Å²) in [6, 6.07) is 16.5. The second kappa shape index (κ2) is 10.3. The number of aliphatic hydroxyl groups is 1. The van der Waals surface area contributed by atoms with Crippen LogP contribution in [-0.2, 0) is 18.3 Å². The molecule has 0 amide bonds. The van der Waals surface area contributed by atoms with Gasteiger partial charge in [-0.1, -0.05) is 36.4 Å². The third-order valence-electron chi connectivity index (χ3n) is 5.72. The van der Waals surface area contributed by atoms with E-state index in [-0.39, 0.29) is 18.0 Å². The molecule has 0 spiro atoms. The van der Waals surface area contributed by atoms with Gasteiger partial charge in [-0.15, -0.1) is 0 Å². The number of hydrogen-bond donors (Lipinski definition) is 1. The minimum atomic E-state index is -0.607. The third kappa shape index (κ3) is 6.44. The number of aromatic nitrogens is 2. The van der Waals surface area contributed by atoms with Crippen LogP contribution in [0.15, 0.2) is 54.6 Å². The molecule has 182 valence electrons. The Balaban J connectivity index is 1.63. The Morgan fingerprint density at radius 3 is 2.53 bits per heavy atom. The quantitative estimate of drug-likeness (QED) is 0.446. The Bertz CT molecular complexity index is 1090. The highest BCUT2D eigenvalue weighted by atomic mass is 19.1. The van der Waals surface area contributed by atoms with Crippen LogP contribution >= 0.6 is 0 Å². The molecule has 0 saturated heterocycles. The zero-order chi connectivity index (χ0) is 24.3. The van der Waals surface area contributed by atoms with Crippen molar-refractivity contribution >= 4 is 0 Å². The molecule has 1 saturated carbocycles. The fourth-order valence-corrected chi connectivity index (χ4v) is 3.95. The molecule has 34 heavy (non-hydrogen) atoms. The van der Waals surface area contributed by atoms with Gasteiger partial charge in [-0.25, -0.2) is 9.07 Å². The van der Waals surface area contributed by atoms with Gasteiger partial charge in [0.2, 0.25) is 5.88 Å². The van der Waals surface area contributed by atoms with Gasteiger partial charge >= 0.3 is 0 Å². The summed E-state index contributed by atoms with van der Waals surface area (Å²) in [6.45, 7) is 7.27. The first-order valence-corrected chi connectivity index (χ1v) is 11.8. The maximum atomic E-state index is 13.8. The zero-order valence-electron chi connectivity index (χ0n) is 20.4. The average Bonchev–Trinajstić information content (AvgIpc) is 3.59. The van der Waals surface area contributed by atoms with Crippen molar-refractivity contribution in [2.24, 2.45) is 7.05 Å². The van der Waals surface area contributed by atoms with E-state index in [9.17, 15) is 9.50 Å². The predicted molar refractivity (Wildman–Crippen MR) is 130 cm³/mol. The van der Waals surface area contributed by atoms with E-state index in [1.165, 1.54) is 12.1 Å². The lowest BCUT2D eigenvalue weighted by atomic mass is 10.1. The highest BCUT2D eigenvalue weighted by Crippen LogP contribution is 2.37. The van der Waals surface area contributed by atoms with E-state index in [1.807, 2.05) is 58.2 Å². The van der Waals surface area contributed by atoms with Gasteiger partial charge in [0.05, 0.1) is 23.9 Å². The van der Waals surface area contributed by atoms with E-state index in [4.69, 9.17) is 14.6 Å². The van der Waals surface area contributed by atoms with Crippen LogP contribution in [0, 0.1) is 5.82 Å². The molecule has 1 heterocycles. The first-order chi connectivity index (χ1) is 16.2. The summed E-state index contributed by atoms with van der Waals surface area (Å²) in [5, 5.41) is 15.5. The normalized spacial score (nSPS) is 15.0. The Hall–Kier alpha value is -2.74. The van der Waals surface area contributed by atoms with Crippen molar-refractivity contribution in [2.45, 2.75) is 57.9 Å². The molecule has 1 N–H and O–H groups in total. The molecule has 4 rings (SSSR count). The van der Waals surface area contributed by atoms with Crippen LogP contribution in [0.4, 0.5) is 4.39 Å². The minimum absolute atomic E-state index is 0.276. The molecule has 0 aliphatic heterocycles. The smallest absolute Gasteiger partial charge is 0.222 e. The lowest BCUT2D eigenvalue weighted by molar-refractivity contribution is -0.0572. The minimum Gasteiger partial charge on any atom is -0.439 e. The number of halogens is 1. The molecule has 6 nitrogen and oxygen atoms in total. The van der Waals surface area contributed by atoms with Gasteiger partial charge < -0.3 is 14.6 Å². The van der Waals surface area contributed by atoms with E-state index in [0.717, 1.165) is 29.7 Å². The van der Waals surface area contributed by atoms with Crippen LogP contribution in [0.1, 0.15) is 39.2 Å². The van der Waals surface area contributed by atoms with Crippen molar-refractivity contribution in [3.05, 3.63) is 66.0 Å². The van der Waals surface area contributed by atoms with Gasteiger partial charge in [0.15, 0.2) is 0 Å². The Labute approximate surface area is 200 Å². The van der Waals surface area contributed by atoms with E-state index < -0.39 is 6.10 Å². The van der Waals surface area contributed by atoms with Crippen LogP contribution in [0.25, 0.3) is 11.3 Å². The maximum absolute atomic E-state index is 13.8. The summed E-state index contributed by atoms with van der Waals surface area (Å²) < 4.78 is 27.5. The van der Waals surface area contributed by atoms with E-state index in [0.29, 0.717) is 30.8 Å². The Morgan fingerprint density at radius 2 is 1.88 bits per heavy atom. The molecule has 1 atom stereocenters. The summed E-state index contributed by atoms with van der Waals surface area (Å²) in [7, 11) is 1.83. The number of aliphatic hydroxyl groups excluding tert-OH is 1. The van der Waals surface area contributed by atoms with Gasteiger partial charge in [0, 0.05) is 37.8 Å². The van der Waals surface area contributed by atoms with E-state index >= 15 is 0 Å². The van der Waals surface area contributed by atoms with Crippen molar-refractivity contribution in [3.63, 3.8) is 0 Å². The van der Waals surface area contributed by atoms with Gasteiger partial charge in [0.25, 0.3) is 0 Å². The molecule has 1 aromatic heterocycles. The molecule has 3 aromatic rings. The number of aryl methyl sites for hydroxylation is 1. The molecule has 7 heteroatoms. The molecule has 0 radical (unpaired) electrons. The zero-order valence-corrected chi connectivity index (χ0v) is 20.4. The highest BCUT2D eigenvalue weighted by Gasteiger charge is 2.33. The standard InChI is InChI=1S/C27H34FN3O3/c1-27(2,3)33-18-22(32)16-31(21-13-14-21)17-24-25(19-9-6-5-7-10-19)29-30(4)26(24)34-23-12-8-11-20(28)15-23/h5-12,15,21-22,32H,13-14,16-18H2,1-4H3. The van der Waals surface area contributed by atoms with Crippen LogP contribution < -0.4 is 4.74 Å².